The standard InChI is InChI=1S/C20H32N6/c1-14(12-19-15(2)24-26(7)16(19)3)23-20(21-4)22-13-17-8-10-18(11-9-17)25(5)6/h8-11,14H,12-13H2,1-7H3,(H2,21,22,23). The maximum Gasteiger partial charge on any atom is 0.191 e. The number of guanidine groups is 1. The lowest BCUT2D eigenvalue weighted by Crippen LogP contribution is -2.42. The molecule has 0 aliphatic heterocycles. The van der Waals surface area contributed by atoms with Crippen LogP contribution < -0.4 is 15.5 Å². The van der Waals surface area contributed by atoms with Gasteiger partial charge in [0, 0.05) is 52.2 Å². The van der Waals surface area contributed by atoms with Crippen molar-refractivity contribution in [1.82, 2.24) is 20.4 Å². The minimum atomic E-state index is 0.263. The van der Waals surface area contributed by atoms with Gasteiger partial charge in [0.05, 0.1) is 5.69 Å². The van der Waals surface area contributed by atoms with Crippen LogP contribution in [-0.2, 0) is 20.0 Å². The lowest BCUT2D eigenvalue weighted by Gasteiger charge is -2.18. The third-order valence-corrected chi connectivity index (χ3v) is 4.69. The number of anilines is 1. The van der Waals surface area contributed by atoms with Gasteiger partial charge < -0.3 is 15.5 Å². The monoisotopic (exact) mass is 356 g/mol. The van der Waals surface area contributed by atoms with Gasteiger partial charge in [-0.3, -0.25) is 9.67 Å². The van der Waals surface area contributed by atoms with Crippen LogP contribution in [0.2, 0.25) is 0 Å². The summed E-state index contributed by atoms with van der Waals surface area (Å²) in [5, 5.41) is 11.4. The molecule has 0 spiro atoms. The quantitative estimate of drug-likeness (QED) is 0.616. The molecule has 0 radical (unpaired) electrons. The van der Waals surface area contributed by atoms with Gasteiger partial charge in [0.2, 0.25) is 0 Å². The van der Waals surface area contributed by atoms with Crippen LogP contribution in [0.1, 0.15) is 29.4 Å². The van der Waals surface area contributed by atoms with Crippen molar-refractivity contribution in [3.05, 3.63) is 46.8 Å². The Morgan fingerprint density at radius 1 is 1.23 bits per heavy atom. The van der Waals surface area contributed by atoms with Crippen LogP contribution in [0.4, 0.5) is 5.69 Å². The van der Waals surface area contributed by atoms with Crippen LogP contribution in [0.15, 0.2) is 29.3 Å². The molecule has 1 aromatic carbocycles. The van der Waals surface area contributed by atoms with Gasteiger partial charge in [-0.2, -0.15) is 5.10 Å². The molecule has 6 nitrogen and oxygen atoms in total. The molecule has 0 amide bonds. The van der Waals surface area contributed by atoms with Crippen molar-refractivity contribution in [2.45, 2.75) is 39.8 Å². The fourth-order valence-electron chi connectivity index (χ4n) is 3.00. The summed E-state index contributed by atoms with van der Waals surface area (Å²) < 4.78 is 1.95. The fourth-order valence-corrected chi connectivity index (χ4v) is 3.00. The second-order valence-corrected chi connectivity index (χ2v) is 7.01. The molecule has 0 saturated heterocycles. The molecule has 0 saturated carbocycles. The Labute approximate surface area is 157 Å². The fraction of sp³-hybridized carbons (Fsp3) is 0.500. The molecule has 0 bridgehead atoms. The van der Waals surface area contributed by atoms with Crippen LogP contribution in [0, 0.1) is 13.8 Å². The molecule has 0 aliphatic rings. The second-order valence-electron chi connectivity index (χ2n) is 7.01. The number of rotatable bonds is 6. The summed E-state index contributed by atoms with van der Waals surface area (Å²) in [4.78, 5) is 6.44. The Bertz CT molecular complexity index is 742. The van der Waals surface area contributed by atoms with Crippen LogP contribution in [0.3, 0.4) is 0 Å². The van der Waals surface area contributed by atoms with Crippen LogP contribution in [0.25, 0.3) is 0 Å². The highest BCUT2D eigenvalue weighted by molar-refractivity contribution is 5.80. The maximum atomic E-state index is 4.50. The summed E-state index contributed by atoms with van der Waals surface area (Å²) in [5.74, 6) is 0.813. The molecule has 2 aromatic rings. The Kier molecular flexibility index (Phi) is 6.66. The van der Waals surface area contributed by atoms with E-state index < -0.39 is 0 Å². The van der Waals surface area contributed by atoms with Crippen molar-refractivity contribution in [3.8, 4) is 0 Å². The molecule has 142 valence electrons. The highest BCUT2D eigenvalue weighted by atomic mass is 15.3. The average Bonchev–Trinajstić information content (AvgIpc) is 2.85. The highest BCUT2D eigenvalue weighted by Gasteiger charge is 2.14. The first kappa shape index (κ1) is 19.8. The van der Waals surface area contributed by atoms with E-state index in [9.17, 15) is 0 Å². The average molecular weight is 357 g/mol. The minimum Gasteiger partial charge on any atom is -0.378 e. The van der Waals surface area contributed by atoms with Crippen molar-refractivity contribution in [1.29, 1.82) is 0 Å². The number of aromatic nitrogens is 2. The van der Waals surface area contributed by atoms with E-state index in [1.165, 1.54) is 22.5 Å². The number of benzene rings is 1. The number of aliphatic imine (C=N–C) groups is 1. The molecule has 1 heterocycles. The molecule has 2 rings (SSSR count). The maximum absolute atomic E-state index is 4.50. The van der Waals surface area contributed by atoms with E-state index >= 15 is 0 Å². The highest BCUT2D eigenvalue weighted by Crippen LogP contribution is 2.14. The number of nitrogens with one attached hydrogen (secondary N) is 2. The zero-order valence-corrected chi connectivity index (χ0v) is 17.1. The summed E-state index contributed by atoms with van der Waals surface area (Å²) >= 11 is 0. The summed E-state index contributed by atoms with van der Waals surface area (Å²) in [6, 6.07) is 8.80. The van der Waals surface area contributed by atoms with E-state index in [1.807, 2.05) is 25.8 Å². The molecule has 1 aromatic heterocycles. The van der Waals surface area contributed by atoms with Gasteiger partial charge in [0.15, 0.2) is 5.96 Å². The zero-order valence-electron chi connectivity index (χ0n) is 17.1. The smallest absolute Gasteiger partial charge is 0.191 e. The van der Waals surface area contributed by atoms with E-state index in [4.69, 9.17) is 0 Å². The summed E-state index contributed by atoms with van der Waals surface area (Å²) in [6.45, 7) is 7.10. The minimum absolute atomic E-state index is 0.263. The summed E-state index contributed by atoms with van der Waals surface area (Å²) in [6.07, 6.45) is 0.920. The molecular formula is C20H32N6. The van der Waals surface area contributed by atoms with E-state index in [-0.39, 0.29) is 6.04 Å². The molecule has 1 unspecified atom stereocenters. The van der Waals surface area contributed by atoms with Crippen molar-refractivity contribution in [2.75, 3.05) is 26.0 Å². The van der Waals surface area contributed by atoms with Crippen LogP contribution in [-0.4, -0.2) is 42.9 Å². The van der Waals surface area contributed by atoms with Crippen molar-refractivity contribution < 1.29 is 0 Å². The van der Waals surface area contributed by atoms with Crippen LogP contribution >= 0.6 is 0 Å². The third kappa shape index (κ3) is 5.00. The van der Waals surface area contributed by atoms with E-state index in [0.29, 0.717) is 0 Å². The van der Waals surface area contributed by atoms with Gasteiger partial charge in [-0.05, 0) is 50.5 Å². The van der Waals surface area contributed by atoms with Gasteiger partial charge in [-0.15, -0.1) is 0 Å². The molecular weight excluding hydrogens is 324 g/mol. The largest absolute Gasteiger partial charge is 0.378 e. The number of hydrogen-bond acceptors (Lipinski definition) is 3. The number of hydrogen-bond donors (Lipinski definition) is 2. The predicted octanol–water partition coefficient (Wildman–Crippen LogP) is 2.40. The SMILES string of the molecule is CN=C(NCc1ccc(N(C)C)cc1)NC(C)Cc1c(C)nn(C)c1C. The molecule has 1 atom stereocenters. The molecule has 0 fully saturated rings. The van der Waals surface area contributed by atoms with Gasteiger partial charge in [-0.25, -0.2) is 0 Å². The van der Waals surface area contributed by atoms with E-state index in [0.717, 1.165) is 24.6 Å². The molecule has 0 aliphatic carbocycles. The third-order valence-electron chi connectivity index (χ3n) is 4.69. The van der Waals surface area contributed by atoms with Gasteiger partial charge in [0.1, 0.15) is 0 Å². The Hall–Kier alpha value is -2.50. The van der Waals surface area contributed by atoms with Gasteiger partial charge in [-0.1, -0.05) is 12.1 Å². The van der Waals surface area contributed by atoms with E-state index in [2.05, 4.69) is 70.7 Å². The first-order valence-corrected chi connectivity index (χ1v) is 9.04. The number of aryl methyl sites for hydroxylation is 2. The summed E-state index contributed by atoms with van der Waals surface area (Å²) in [5.41, 5.74) is 6.06. The topological polar surface area (TPSA) is 57.5 Å². The first-order chi connectivity index (χ1) is 12.3. The second kappa shape index (κ2) is 8.74. The Morgan fingerprint density at radius 3 is 2.38 bits per heavy atom. The zero-order chi connectivity index (χ0) is 19.3. The lowest BCUT2D eigenvalue weighted by atomic mass is 10.1. The van der Waals surface area contributed by atoms with Gasteiger partial charge in [0.25, 0.3) is 0 Å². The Balaban J connectivity index is 1.90. The molecule has 6 heteroatoms. The van der Waals surface area contributed by atoms with Gasteiger partial charge >= 0.3 is 0 Å². The normalized spacial score (nSPS) is 12.8. The van der Waals surface area contributed by atoms with Crippen molar-refractivity contribution >= 4 is 11.6 Å². The van der Waals surface area contributed by atoms with Crippen molar-refractivity contribution in [2.24, 2.45) is 12.0 Å². The van der Waals surface area contributed by atoms with Crippen LogP contribution in [0.5, 0.6) is 0 Å². The number of nitrogens with zero attached hydrogens (tertiary/aromatic N) is 4. The first-order valence-electron chi connectivity index (χ1n) is 9.04. The molecule has 2 N–H and O–H groups in total. The van der Waals surface area contributed by atoms with E-state index in [1.54, 1.807) is 7.05 Å². The lowest BCUT2D eigenvalue weighted by molar-refractivity contribution is 0.635. The molecule has 26 heavy (non-hydrogen) atoms. The summed E-state index contributed by atoms with van der Waals surface area (Å²) in [7, 11) is 7.89. The Morgan fingerprint density at radius 2 is 1.88 bits per heavy atom. The van der Waals surface area contributed by atoms with Crippen molar-refractivity contribution in [3.63, 3.8) is 0 Å². The predicted molar refractivity (Wildman–Crippen MR) is 110 cm³/mol.